The first-order valence-electron chi connectivity index (χ1n) is 7.05. The van der Waals surface area contributed by atoms with Gasteiger partial charge in [-0.05, 0) is 19.3 Å². The molecule has 2 unspecified atom stereocenters. The van der Waals surface area contributed by atoms with Gasteiger partial charge in [-0.25, -0.2) is 0 Å². The fourth-order valence-corrected chi connectivity index (χ4v) is 2.34. The number of hydrogen-bond acceptors (Lipinski definition) is 2. The van der Waals surface area contributed by atoms with Gasteiger partial charge in [-0.3, -0.25) is 9.59 Å². The van der Waals surface area contributed by atoms with E-state index in [-0.39, 0.29) is 11.8 Å². The zero-order valence-corrected chi connectivity index (χ0v) is 12.1. The molecule has 1 heterocycles. The molecule has 0 aliphatic carbocycles. The van der Waals surface area contributed by atoms with Gasteiger partial charge in [0.15, 0.2) is 0 Å². The van der Waals surface area contributed by atoms with E-state index in [0.717, 1.165) is 12.8 Å². The van der Waals surface area contributed by atoms with Gasteiger partial charge in [-0.15, -0.1) is 5.92 Å². The Morgan fingerprint density at radius 3 is 2.68 bits per heavy atom. The van der Waals surface area contributed by atoms with Crippen LogP contribution in [0.1, 0.15) is 46.5 Å². The van der Waals surface area contributed by atoms with E-state index >= 15 is 0 Å². The van der Waals surface area contributed by atoms with Crippen LogP contribution >= 0.6 is 0 Å². The van der Waals surface area contributed by atoms with Crippen molar-refractivity contribution in [2.75, 3.05) is 6.54 Å². The summed E-state index contributed by atoms with van der Waals surface area (Å²) in [6, 6.07) is -0.468. The van der Waals surface area contributed by atoms with Gasteiger partial charge in [0, 0.05) is 24.8 Å². The largest absolute Gasteiger partial charge is 0.368 e. The van der Waals surface area contributed by atoms with E-state index in [1.807, 2.05) is 6.92 Å². The van der Waals surface area contributed by atoms with Gasteiger partial charge in [0.05, 0.1) is 0 Å². The predicted molar refractivity (Wildman–Crippen MR) is 74.9 cm³/mol. The molecule has 1 saturated heterocycles. The maximum atomic E-state index is 12.1. The maximum Gasteiger partial charge on any atom is 0.240 e. The SMILES string of the molecule is CCC(C(N)=O)N1CCC(C#CC(C)C)CCC1=O. The Hall–Kier alpha value is -1.50. The van der Waals surface area contributed by atoms with Crippen LogP contribution in [0, 0.1) is 23.7 Å². The van der Waals surface area contributed by atoms with E-state index in [4.69, 9.17) is 5.73 Å². The van der Waals surface area contributed by atoms with E-state index in [0.29, 0.717) is 25.3 Å². The number of primary amides is 1. The van der Waals surface area contributed by atoms with E-state index in [2.05, 4.69) is 25.7 Å². The minimum atomic E-state index is -0.468. The summed E-state index contributed by atoms with van der Waals surface area (Å²) in [4.78, 5) is 25.1. The molecule has 4 nitrogen and oxygen atoms in total. The summed E-state index contributed by atoms with van der Waals surface area (Å²) in [7, 11) is 0. The summed E-state index contributed by atoms with van der Waals surface area (Å²) in [5.74, 6) is 6.63. The number of amides is 2. The number of hydrogen-bond donors (Lipinski definition) is 1. The average molecular weight is 264 g/mol. The molecule has 1 aliphatic rings. The molecular formula is C15H24N2O2. The quantitative estimate of drug-likeness (QED) is 0.786. The first-order valence-corrected chi connectivity index (χ1v) is 7.05. The first-order chi connectivity index (χ1) is 8.95. The van der Waals surface area contributed by atoms with Crippen LogP contribution in [-0.2, 0) is 9.59 Å². The highest BCUT2D eigenvalue weighted by molar-refractivity contribution is 5.86. The Bertz CT molecular complexity index is 393. The van der Waals surface area contributed by atoms with Crippen molar-refractivity contribution in [2.24, 2.45) is 17.6 Å². The van der Waals surface area contributed by atoms with Crippen molar-refractivity contribution in [2.45, 2.75) is 52.5 Å². The van der Waals surface area contributed by atoms with Crippen molar-refractivity contribution in [3.05, 3.63) is 0 Å². The number of nitrogens with two attached hydrogens (primary N) is 1. The maximum absolute atomic E-state index is 12.1. The molecule has 2 amide bonds. The number of rotatable bonds is 3. The van der Waals surface area contributed by atoms with E-state index in [1.54, 1.807) is 4.90 Å². The Morgan fingerprint density at radius 2 is 2.16 bits per heavy atom. The molecule has 1 aliphatic heterocycles. The highest BCUT2D eigenvalue weighted by atomic mass is 16.2. The highest BCUT2D eigenvalue weighted by Gasteiger charge is 2.29. The molecule has 1 rings (SSSR count). The molecule has 0 aromatic heterocycles. The van der Waals surface area contributed by atoms with E-state index in [1.165, 1.54) is 0 Å². The first kappa shape index (κ1) is 15.6. The lowest BCUT2D eigenvalue weighted by Gasteiger charge is -2.27. The molecule has 19 heavy (non-hydrogen) atoms. The van der Waals surface area contributed by atoms with Gasteiger partial charge in [-0.1, -0.05) is 26.7 Å². The van der Waals surface area contributed by atoms with Crippen molar-refractivity contribution in [1.82, 2.24) is 4.90 Å². The second-order valence-corrected chi connectivity index (χ2v) is 5.38. The van der Waals surface area contributed by atoms with Crippen LogP contribution in [-0.4, -0.2) is 29.3 Å². The Kier molecular flexibility index (Phi) is 5.88. The molecular weight excluding hydrogens is 240 g/mol. The van der Waals surface area contributed by atoms with Crippen LogP contribution in [0.3, 0.4) is 0 Å². The summed E-state index contributed by atoms with van der Waals surface area (Å²) in [6.45, 7) is 6.57. The summed E-state index contributed by atoms with van der Waals surface area (Å²) in [5, 5.41) is 0. The molecule has 2 atom stereocenters. The van der Waals surface area contributed by atoms with Gasteiger partial charge >= 0.3 is 0 Å². The standard InChI is InChI=1S/C15H24N2O2/c1-4-13(15(16)19)17-10-9-12(6-5-11(2)3)7-8-14(17)18/h11-13H,4,7-10H2,1-3H3,(H2,16,19). The molecule has 4 heteroatoms. The number of likely N-dealkylation sites (tertiary alicyclic amines) is 1. The number of carbonyl (C=O) groups is 2. The summed E-state index contributed by atoms with van der Waals surface area (Å²) >= 11 is 0. The summed E-state index contributed by atoms with van der Waals surface area (Å²) in [5.41, 5.74) is 5.36. The van der Waals surface area contributed by atoms with Crippen LogP contribution in [0.2, 0.25) is 0 Å². The number of carbonyl (C=O) groups excluding carboxylic acids is 2. The topological polar surface area (TPSA) is 63.4 Å². The molecule has 1 fully saturated rings. The normalized spacial score (nSPS) is 21.6. The minimum absolute atomic E-state index is 0.0273. The van der Waals surface area contributed by atoms with Gasteiger partial charge < -0.3 is 10.6 Å². The van der Waals surface area contributed by atoms with E-state index in [9.17, 15) is 9.59 Å². The highest BCUT2D eigenvalue weighted by Crippen LogP contribution is 2.20. The van der Waals surface area contributed by atoms with Gasteiger partial charge in [-0.2, -0.15) is 0 Å². The zero-order valence-electron chi connectivity index (χ0n) is 12.1. The molecule has 0 saturated carbocycles. The smallest absolute Gasteiger partial charge is 0.240 e. The molecule has 106 valence electrons. The molecule has 0 radical (unpaired) electrons. The van der Waals surface area contributed by atoms with Crippen LogP contribution in [0.25, 0.3) is 0 Å². The second-order valence-electron chi connectivity index (χ2n) is 5.38. The molecule has 2 N–H and O–H groups in total. The van der Waals surface area contributed by atoms with Crippen LogP contribution in [0.5, 0.6) is 0 Å². The van der Waals surface area contributed by atoms with Gasteiger partial charge in [0.25, 0.3) is 0 Å². The molecule has 0 bridgehead atoms. The zero-order chi connectivity index (χ0) is 14.4. The van der Waals surface area contributed by atoms with Gasteiger partial charge in [0.2, 0.25) is 11.8 Å². The van der Waals surface area contributed by atoms with Crippen molar-refractivity contribution >= 4 is 11.8 Å². The van der Waals surface area contributed by atoms with Crippen LogP contribution in [0.15, 0.2) is 0 Å². The van der Waals surface area contributed by atoms with E-state index < -0.39 is 11.9 Å². The molecule has 0 aromatic rings. The third kappa shape index (κ3) is 4.59. The molecule has 0 aromatic carbocycles. The van der Waals surface area contributed by atoms with Crippen molar-refractivity contribution < 1.29 is 9.59 Å². The Labute approximate surface area is 115 Å². The minimum Gasteiger partial charge on any atom is -0.368 e. The molecule has 0 spiro atoms. The average Bonchev–Trinajstić information content (AvgIpc) is 2.51. The monoisotopic (exact) mass is 264 g/mol. The van der Waals surface area contributed by atoms with Crippen molar-refractivity contribution in [3.63, 3.8) is 0 Å². The lowest BCUT2D eigenvalue weighted by atomic mass is 10.0. The lowest BCUT2D eigenvalue weighted by Crippen LogP contribution is -2.47. The predicted octanol–water partition coefficient (Wildman–Crippen LogP) is 1.54. The third-order valence-electron chi connectivity index (χ3n) is 3.41. The summed E-state index contributed by atoms with van der Waals surface area (Å²) in [6.07, 6.45) is 2.64. The fraction of sp³-hybridized carbons (Fsp3) is 0.733. The van der Waals surface area contributed by atoms with Crippen LogP contribution in [0.4, 0.5) is 0 Å². The van der Waals surface area contributed by atoms with Crippen molar-refractivity contribution in [3.8, 4) is 11.8 Å². The summed E-state index contributed by atoms with van der Waals surface area (Å²) < 4.78 is 0. The Morgan fingerprint density at radius 1 is 1.47 bits per heavy atom. The van der Waals surface area contributed by atoms with Gasteiger partial charge in [0.1, 0.15) is 6.04 Å². The third-order valence-corrected chi connectivity index (χ3v) is 3.41. The number of nitrogens with zero attached hydrogens (tertiary/aromatic N) is 1. The second kappa shape index (κ2) is 7.18. The lowest BCUT2D eigenvalue weighted by molar-refractivity contribution is -0.139. The fourth-order valence-electron chi connectivity index (χ4n) is 2.34. The van der Waals surface area contributed by atoms with Crippen LogP contribution < -0.4 is 5.73 Å². The van der Waals surface area contributed by atoms with Crippen molar-refractivity contribution in [1.29, 1.82) is 0 Å². The Balaban J connectivity index is 2.73.